The van der Waals surface area contributed by atoms with Crippen molar-refractivity contribution in [1.29, 1.82) is 0 Å². The molecule has 202 valence electrons. The van der Waals surface area contributed by atoms with E-state index in [1.165, 1.54) is 11.9 Å². The van der Waals surface area contributed by atoms with Gasteiger partial charge >= 0.3 is 12.3 Å². The second kappa shape index (κ2) is 12.4. The molecule has 0 unspecified atom stereocenters. The molecule has 1 aliphatic rings. The first-order valence-corrected chi connectivity index (χ1v) is 11.9. The van der Waals surface area contributed by atoms with Gasteiger partial charge in [-0.1, -0.05) is 0 Å². The summed E-state index contributed by atoms with van der Waals surface area (Å²) in [5, 5.41) is 21.0. The summed E-state index contributed by atoms with van der Waals surface area (Å²) in [6.07, 6.45) is 1.16. The lowest BCUT2D eigenvalue weighted by Crippen LogP contribution is -2.44. The summed E-state index contributed by atoms with van der Waals surface area (Å²) in [5.74, 6) is 2.82. The first kappa shape index (κ1) is 30.1. The number of terminal acetylenes is 1. The van der Waals surface area contributed by atoms with Crippen molar-refractivity contribution in [2.45, 2.75) is 57.0 Å². The van der Waals surface area contributed by atoms with Crippen molar-refractivity contribution in [2.75, 3.05) is 36.4 Å². The van der Waals surface area contributed by atoms with Crippen molar-refractivity contribution >= 4 is 29.8 Å². The molecule has 1 aliphatic heterocycles. The molecule has 0 spiro atoms. The van der Waals surface area contributed by atoms with Crippen molar-refractivity contribution in [3.05, 3.63) is 30.1 Å². The summed E-state index contributed by atoms with van der Waals surface area (Å²) in [6.45, 7) is 9.95. The van der Waals surface area contributed by atoms with Gasteiger partial charge in [0.2, 0.25) is 5.95 Å². The van der Waals surface area contributed by atoms with Crippen molar-refractivity contribution in [3.8, 4) is 12.3 Å². The first-order valence-electron chi connectivity index (χ1n) is 11.2. The average Bonchev–Trinajstić information content (AvgIpc) is 2.79. The maximum absolute atomic E-state index is 13.0. The van der Waals surface area contributed by atoms with Gasteiger partial charge in [-0.05, 0) is 58.7 Å². The largest absolute Gasteiger partial charge is 0.444 e. The fraction of sp³-hybridized carbons (Fsp3) is 0.522. The summed E-state index contributed by atoms with van der Waals surface area (Å²) in [6, 6.07) is 3.35. The van der Waals surface area contributed by atoms with Gasteiger partial charge < -0.3 is 14.7 Å². The van der Waals surface area contributed by atoms with Crippen LogP contribution in [0.2, 0.25) is 0 Å². The maximum atomic E-state index is 13.0. The smallest absolute Gasteiger partial charge is 0.421 e. The topological polar surface area (TPSA) is 117 Å². The maximum Gasteiger partial charge on any atom is 0.421 e. The van der Waals surface area contributed by atoms with Crippen molar-refractivity contribution in [3.63, 3.8) is 0 Å². The Balaban J connectivity index is 0.00000153. The van der Waals surface area contributed by atoms with Crippen LogP contribution in [0, 0.1) is 12.3 Å². The molecule has 1 atom stereocenters. The van der Waals surface area contributed by atoms with Crippen molar-refractivity contribution < 1.29 is 27.8 Å². The lowest BCUT2D eigenvalue weighted by Gasteiger charge is -2.33. The monoisotopic (exact) mass is 541 g/mol. The number of halogens is 3. The molecule has 1 amide bonds. The van der Waals surface area contributed by atoms with Gasteiger partial charge in [0.1, 0.15) is 10.6 Å². The number of carbonyl (C=O) groups excluding carboxylic acids is 1. The molecule has 0 radical (unpaired) electrons. The highest BCUT2D eigenvalue weighted by atomic mass is 32.2. The molecule has 1 saturated heterocycles. The molecule has 2 aromatic rings. The molecule has 3 rings (SSSR count). The number of nitrogens with one attached hydrogen (secondary N) is 1. The second-order valence-electron chi connectivity index (χ2n) is 9.02. The minimum Gasteiger partial charge on any atom is -0.444 e. The van der Waals surface area contributed by atoms with Crippen LogP contribution in [0.25, 0.3) is 0 Å². The first-order chi connectivity index (χ1) is 17.2. The third kappa shape index (κ3) is 9.03. The molecule has 3 heterocycles. The van der Waals surface area contributed by atoms with E-state index in [1.54, 1.807) is 39.8 Å². The Kier molecular flexibility index (Phi) is 10.1. The predicted molar refractivity (Wildman–Crippen MR) is 134 cm³/mol. The van der Waals surface area contributed by atoms with Gasteiger partial charge in [0, 0.05) is 44.1 Å². The second-order valence-corrected chi connectivity index (χ2v) is 10.1. The Morgan fingerprint density at radius 3 is 2.14 bits per heavy atom. The number of hydrogen-bond donors (Lipinski definition) is 2. The number of amides is 1. The highest BCUT2D eigenvalue weighted by molar-refractivity contribution is 7.97. The van der Waals surface area contributed by atoms with E-state index in [-0.39, 0.29) is 5.82 Å². The number of anilines is 2. The molecular weight excluding hydrogens is 511 g/mol. The standard InChI is InChI=1S/C20H26F3N7O3S.C3H4/c1-18(2,3)33-17(31)26-14-5-6-15(28-27-14)34-30-9-7-29(8-10-30)16-24-11-13(12-25-16)19(4,32)20(21,22)23;1-3-2/h5-6,11-12,32H,7-10H2,1-4H3,(H,26,27,31);1H,2H3/t19-;/m1./s1. The van der Waals surface area contributed by atoms with E-state index < -0.39 is 29.0 Å². The zero-order valence-corrected chi connectivity index (χ0v) is 22.0. The Morgan fingerprint density at radius 1 is 1.11 bits per heavy atom. The summed E-state index contributed by atoms with van der Waals surface area (Å²) in [7, 11) is 0. The molecule has 14 heteroatoms. The number of hydrogen-bond acceptors (Lipinski definition) is 10. The fourth-order valence-corrected chi connectivity index (χ4v) is 3.67. The van der Waals surface area contributed by atoms with Crippen molar-refractivity contribution in [2.24, 2.45) is 0 Å². The van der Waals surface area contributed by atoms with E-state index in [0.29, 0.717) is 44.1 Å². The summed E-state index contributed by atoms with van der Waals surface area (Å²) < 4.78 is 46.2. The molecule has 0 saturated carbocycles. The Bertz CT molecular complexity index is 1060. The van der Waals surface area contributed by atoms with E-state index in [9.17, 15) is 23.1 Å². The lowest BCUT2D eigenvalue weighted by molar-refractivity contribution is -0.259. The van der Waals surface area contributed by atoms with Crippen LogP contribution in [-0.2, 0) is 10.3 Å². The molecule has 1 fully saturated rings. The molecule has 2 N–H and O–H groups in total. The lowest BCUT2D eigenvalue weighted by atomic mass is 9.99. The van der Waals surface area contributed by atoms with Crippen LogP contribution < -0.4 is 10.2 Å². The third-order valence-electron chi connectivity index (χ3n) is 4.77. The fourth-order valence-electron chi connectivity index (χ4n) is 2.85. The van der Waals surface area contributed by atoms with Crippen molar-refractivity contribution in [1.82, 2.24) is 24.5 Å². The summed E-state index contributed by atoms with van der Waals surface area (Å²) in [4.78, 5) is 21.7. The molecule has 0 aromatic carbocycles. The van der Waals surface area contributed by atoms with Gasteiger partial charge in [0.25, 0.3) is 0 Å². The predicted octanol–water partition coefficient (Wildman–Crippen LogP) is 3.85. The Labute approximate surface area is 218 Å². The van der Waals surface area contributed by atoms with Gasteiger partial charge in [0.15, 0.2) is 11.4 Å². The molecule has 37 heavy (non-hydrogen) atoms. The molecule has 2 aromatic heterocycles. The zero-order valence-electron chi connectivity index (χ0n) is 21.2. The van der Waals surface area contributed by atoms with E-state index in [0.717, 1.165) is 12.4 Å². The summed E-state index contributed by atoms with van der Waals surface area (Å²) in [5.41, 5.74) is -4.05. The van der Waals surface area contributed by atoms with Crippen LogP contribution in [-0.4, -0.2) is 73.6 Å². The number of alkyl halides is 3. The van der Waals surface area contributed by atoms with Crippen LogP contribution in [0.15, 0.2) is 29.6 Å². The van der Waals surface area contributed by atoms with E-state index in [4.69, 9.17) is 4.74 Å². The Morgan fingerprint density at radius 2 is 1.68 bits per heavy atom. The zero-order chi connectivity index (χ0) is 27.9. The SMILES string of the molecule is C#CC.CC(C)(C)OC(=O)Nc1ccc(SN2CCN(c3ncc([C@@](C)(O)C(F)(F)F)cn3)CC2)nn1. The molecule has 0 bridgehead atoms. The molecule has 0 aliphatic carbocycles. The number of nitrogens with zero attached hydrogens (tertiary/aromatic N) is 6. The van der Waals surface area contributed by atoms with Gasteiger partial charge in [-0.2, -0.15) is 13.2 Å². The Hall–Kier alpha value is -3.15. The number of aromatic nitrogens is 4. The highest BCUT2D eigenvalue weighted by Gasteiger charge is 2.51. The number of aliphatic hydroxyl groups is 1. The van der Waals surface area contributed by atoms with E-state index >= 15 is 0 Å². The van der Waals surface area contributed by atoms with Gasteiger partial charge in [0.05, 0.1) is 0 Å². The quantitative estimate of drug-likeness (QED) is 0.427. The van der Waals surface area contributed by atoms with E-state index in [2.05, 4.69) is 42.1 Å². The van der Waals surface area contributed by atoms with Crippen LogP contribution in [0.5, 0.6) is 0 Å². The normalized spacial score (nSPS) is 16.1. The molecule has 10 nitrogen and oxygen atoms in total. The van der Waals surface area contributed by atoms with E-state index in [1.807, 2.05) is 4.90 Å². The minimum absolute atomic E-state index is 0.272. The third-order valence-corrected chi connectivity index (χ3v) is 5.79. The van der Waals surface area contributed by atoms with Gasteiger partial charge in [-0.25, -0.2) is 19.1 Å². The van der Waals surface area contributed by atoms with Crippen LogP contribution in [0.1, 0.15) is 40.2 Å². The van der Waals surface area contributed by atoms with Gasteiger partial charge in [-0.3, -0.25) is 5.32 Å². The number of carbonyl (C=O) groups is 1. The number of piperazine rings is 1. The molecular formula is C23H30F3N7O3S. The number of ether oxygens (including phenoxy) is 1. The number of rotatable bonds is 5. The minimum atomic E-state index is -4.83. The average molecular weight is 542 g/mol. The highest BCUT2D eigenvalue weighted by Crippen LogP contribution is 2.38. The van der Waals surface area contributed by atoms with Gasteiger partial charge in [-0.15, -0.1) is 22.5 Å². The van der Waals surface area contributed by atoms with Crippen LogP contribution >= 0.6 is 11.9 Å². The van der Waals surface area contributed by atoms with Crippen LogP contribution in [0.3, 0.4) is 0 Å². The van der Waals surface area contributed by atoms with Crippen LogP contribution in [0.4, 0.5) is 29.7 Å². The summed E-state index contributed by atoms with van der Waals surface area (Å²) >= 11 is 1.40.